The number of likely N-dealkylation sites (N-methyl/N-ethyl adjacent to an activating group) is 1. The minimum atomic E-state index is 0.574. The molecule has 0 spiro atoms. The number of rotatable bonds is 0. The van der Waals surface area contributed by atoms with Crippen LogP contribution in [0.1, 0.15) is 17.2 Å². The van der Waals surface area contributed by atoms with Gasteiger partial charge in [-0.1, -0.05) is 24.3 Å². The van der Waals surface area contributed by atoms with Crippen molar-refractivity contribution in [2.75, 3.05) is 20.1 Å². The fourth-order valence-corrected chi connectivity index (χ4v) is 2.79. The van der Waals surface area contributed by atoms with Crippen molar-refractivity contribution in [3.63, 3.8) is 0 Å². The molecular weight excluding hydrogens is 172 g/mol. The zero-order valence-electron chi connectivity index (χ0n) is 8.53. The number of benzene rings is 1. The van der Waals surface area contributed by atoms with Gasteiger partial charge in [0, 0.05) is 25.2 Å². The molecule has 0 bridgehead atoms. The van der Waals surface area contributed by atoms with Crippen molar-refractivity contribution in [3.05, 3.63) is 35.4 Å². The molecule has 0 aromatic heterocycles. The van der Waals surface area contributed by atoms with E-state index in [4.69, 9.17) is 0 Å². The summed E-state index contributed by atoms with van der Waals surface area (Å²) < 4.78 is 0. The first-order valence-corrected chi connectivity index (χ1v) is 5.38. The van der Waals surface area contributed by atoms with Gasteiger partial charge < -0.3 is 5.32 Å². The number of hydrogen-bond acceptors (Lipinski definition) is 2. The fourth-order valence-electron chi connectivity index (χ4n) is 2.79. The summed E-state index contributed by atoms with van der Waals surface area (Å²) in [6.07, 6.45) is 1.21. The lowest BCUT2D eigenvalue weighted by Crippen LogP contribution is -2.49. The zero-order valence-corrected chi connectivity index (χ0v) is 8.53. The molecule has 1 aliphatic carbocycles. The molecule has 1 aromatic carbocycles. The molecule has 1 heterocycles. The number of nitrogens with zero attached hydrogens (tertiary/aromatic N) is 1. The van der Waals surface area contributed by atoms with E-state index in [2.05, 4.69) is 41.5 Å². The maximum Gasteiger partial charge on any atom is 0.0484 e. The number of hydrogen-bond donors (Lipinski definition) is 1. The van der Waals surface area contributed by atoms with Crippen LogP contribution in [0.3, 0.4) is 0 Å². The summed E-state index contributed by atoms with van der Waals surface area (Å²) in [5, 5.41) is 3.63. The van der Waals surface area contributed by atoms with Crippen LogP contribution >= 0.6 is 0 Å². The molecule has 1 aromatic rings. The van der Waals surface area contributed by atoms with Crippen molar-refractivity contribution < 1.29 is 0 Å². The Hall–Kier alpha value is -0.860. The quantitative estimate of drug-likeness (QED) is 0.658. The van der Waals surface area contributed by atoms with Gasteiger partial charge in [-0.15, -0.1) is 0 Å². The highest BCUT2D eigenvalue weighted by Crippen LogP contribution is 2.35. The molecule has 2 heteroatoms. The smallest absolute Gasteiger partial charge is 0.0484 e. The monoisotopic (exact) mass is 188 g/mol. The third-order valence-electron chi connectivity index (χ3n) is 3.60. The summed E-state index contributed by atoms with van der Waals surface area (Å²) in [6, 6.07) is 10.1. The van der Waals surface area contributed by atoms with Crippen LogP contribution in [-0.4, -0.2) is 31.1 Å². The van der Waals surface area contributed by atoms with Crippen LogP contribution in [0, 0.1) is 0 Å². The molecule has 1 fully saturated rings. The lowest BCUT2D eigenvalue weighted by Gasteiger charge is -2.35. The van der Waals surface area contributed by atoms with Gasteiger partial charge in [-0.3, -0.25) is 4.90 Å². The molecule has 0 unspecified atom stereocenters. The lowest BCUT2D eigenvalue weighted by molar-refractivity contribution is 0.163. The van der Waals surface area contributed by atoms with E-state index in [0.717, 1.165) is 6.54 Å². The molecule has 3 rings (SSSR count). The Kier molecular flexibility index (Phi) is 1.85. The zero-order chi connectivity index (χ0) is 9.54. The Balaban J connectivity index is 2.00. The minimum Gasteiger partial charge on any atom is -0.307 e. The maximum atomic E-state index is 3.63. The Labute approximate surface area is 84.9 Å². The van der Waals surface area contributed by atoms with Gasteiger partial charge in [-0.05, 0) is 24.6 Å². The second-order valence-electron chi connectivity index (χ2n) is 4.38. The van der Waals surface area contributed by atoms with Crippen molar-refractivity contribution in [3.8, 4) is 0 Å². The molecule has 1 saturated heterocycles. The predicted octanol–water partition coefficient (Wildman–Crippen LogP) is 1.19. The van der Waals surface area contributed by atoms with E-state index < -0.39 is 0 Å². The molecule has 0 radical (unpaired) electrons. The average molecular weight is 188 g/mol. The standard InChI is InChI=1S/C12H16N2/c1-14-7-6-13-12-10-5-3-2-4-9(10)8-11(12)14/h2-5,11-13H,6-8H2,1H3/t11-,12-/m1/s1. The lowest BCUT2D eigenvalue weighted by atomic mass is 10.0. The number of piperazine rings is 1. The highest BCUT2D eigenvalue weighted by Gasteiger charge is 2.36. The van der Waals surface area contributed by atoms with Crippen LogP contribution in [0.15, 0.2) is 24.3 Å². The largest absolute Gasteiger partial charge is 0.307 e. The molecule has 2 aliphatic rings. The molecule has 2 nitrogen and oxygen atoms in total. The third-order valence-corrected chi connectivity index (χ3v) is 3.60. The Morgan fingerprint density at radius 3 is 3.14 bits per heavy atom. The van der Waals surface area contributed by atoms with Crippen LogP contribution in [0.5, 0.6) is 0 Å². The van der Waals surface area contributed by atoms with Crippen LogP contribution in [-0.2, 0) is 6.42 Å². The summed E-state index contributed by atoms with van der Waals surface area (Å²) >= 11 is 0. The van der Waals surface area contributed by atoms with Gasteiger partial charge in [0.1, 0.15) is 0 Å². The van der Waals surface area contributed by atoms with Crippen molar-refractivity contribution in [1.82, 2.24) is 10.2 Å². The number of fused-ring (bicyclic) bond motifs is 3. The van der Waals surface area contributed by atoms with E-state index in [9.17, 15) is 0 Å². The van der Waals surface area contributed by atoms with Gasteiger partial charge in [0.25, 0.3) is 0 Å². The summed E-state index contributed by atoms with van der Waals surface area (Å²) in [5.74, 6) is 0. The molecule has 0 saturated carbocycles. The topological polar surface area (TPSA) is 15.3 Å². The van der Waals surface area contributed by atoms with Crippen LogP contribution in [0.25, 0.3) is 0 Å². The molecule has 14 heavy (non-hydrogen) atoms. The normalized spacial score (nSPS) is 31.2. The highest BCUT2D eigenvalue weighted by atomic mass is 15.2. The van der Waals surface area contributed by atoms with Crippen LogP contribution in [0.2, 0.25) is 0 Å². The molecule has 0 amide bonds. The highest BCUT2D eigenvalue weighted by molar-refractivity contribution is 5.37. The minimum absolute atomic E-state index is 0.574. The number of nitrogens with one attached hydrogen (secondary N) is 1. The summed E-state index contributed by atoms with van der Waals surface area (Å²) in [7, 11) is 2.24. The van der Waals surface area contributed by atoms with Gasteiger partial charge in [0.2, 0.25) is 0 Å². The molecule has 2 atom stereocenters. The summed E-state index contributed by atoms with van der Waals surface area (Å²) in [6.45, 7) is 2.29. The first-order valence-electron chi connectivity index (χ1n) is 5.38. The summed E-state index contributed by atoms with van der Waals surface area (Å²) in [5.41, 5.74) is 3.05. The second-order valence-corrected chi connectivity index (χ2v) is 4.38. The summed E-state index contributed by atoms with van der Waals surface area (Å²) in [4.78, 5) is 2.49. The van der Waals surface area contributed by atoms with E-state index in [1.807, 2.05) is 0 Å². The van der Waals surface area contributed by atoms with Crippen molar-refractivity contribution in [2.45, 2.75) is 18.5 Å². The SMILES string of the molecule is CN1CCN[C@@H]2c3ccccc3C[C@H]21. The van der Waals surface area contributed by atoms with Gasteiger partial charge in [-0.2, -0.15) is 0 Å². The van der Waals surface area contributed by atoms with E-state index in [1.54, 1.807) is 0 Å². The van der Waals surface area contributed by atoms with Gasteiger partial charge >= 0.3 is 0 Å². The molecule has 1 N–H and O–H groups in total. The van der Waals surface area contributed by atoms with Gasteiger partial charge in [0.15, 0.2) is 0 Å². The average Bonchev–Trinajstić information content (AvgIpc) is 2.59. The van der Waals surface area contributed by atoms with E-state index >= 15 is 0 Å². The Morgan fingerprint density at radius 1 is 1.36 bits per heavy atom. The van der Waals surface area contributed by atoms with Crippen molar-refractivity contribution in [2.24, 2.45) is 0 Å². The van der Waals surface area contributed by atoms with Crippen LogP contribution < -0.4 is 5.32 Å². The maximum absolute atomic E-state index is 3.63. The molecule has 1 aliphatic heterocycles. The fraction of sp³-hybridized carbons (Fsp3) is 0.500. The van der Waals surface area contributed by atoms with Crippen molar-refractivity contribution in [1.29, 1.82) is 0 Å². The third kappa shape index (κ3) is 1.11. The van der Waals surface area contributed by atoms with E-state index in [1.165, 1.54) is 24.1 Å². The Bertz CT molecular complexity index is 348. The van der Waals surface area contributed by atoms with Gasteiger partial charge in [-0.25, -0.2) is 0 Å². The Morgan fingerprint density at radius 2 is 2.21 bits per heavy atom. The second kappa shape index (κ2) is 3.07. The van der Waals surface area contributed by atoms with E-state index in [0.29, 0.717) is 12.1 Å². The van der Waals surface area contributed by atoms with Gasteiger partial charge in [0.05, 0.1) is 0 Å². The predicted molar refractivity (Wildman–Crippen MR) is 57.3 cm³/mol. The first-order chi connectivity index (χ1) is 6.86. The molecular formula is C12H16N2. The molecule has 74 valence electrons. The van der Waals surface area contributed by atoms with Crippen molar-refractivity contribution >= 4 is 0 Å². The van der Waals surface area contributed by atoms with E-state index in [-0.39, 0.29) is 0 Å². The van der Waals surface area contributed by atoms with Crippen LogP contribution in [0.4, 0.5) is 0 Å². The first kappa shape index (κ1) is 8.45.